The third kappa shape index (κ3) is 6.73. The van der Waals surface area contributed by atoms with Crippen LogP contribution in [0.4, 0.5) is 0 Å². The SMILES string of the molecule is C=CCOC(=O)CN1C(=O)[C@@H]([C@@H](COO[Si](C)C)C(C)(C)C)[C@H]1[C@@H](C)C(=O)N1C(=O)c2ccccc2OC12CCCCC2. The van der Waals surface area contributed by atoms with Gasteiger partial charge in [0.2, 0.25) is 11.8 Å². The first-order valence-corrected chi connectivity index (χ1v) is 17.6. The van der Waals surface area contributed by atoms with Gasteiger partial charge in [-0.25, -0.2) is 9.79 Å². The highest BCUT2D eigenvalue weighted by atomic mass is 28.3. The Labute approximate surface area is 256 Å². The second-order valence-corrected chi connectivity index (χ2v) is 15.1. The number of hydrogen-bond acceptors (Lipinski definition) is 8. The molecule has 0 aromatic heterocycles. The number of likely N-dealkylation sites (tertiary alicyclic amines) is 1. The minimum Gasteiger partial charge on any atom is -0.467 e. The number of para-hydroxylation sites is 1. The number of hydrogen-bond donors (Lipinski definition) is 0. The molecule has 1 aromatic carbocycles. The van der Waals surface area contributed by atoms with E-state index in [9.17, 15) is 19.2 Å². The first kappa shape index (κ1) is 32.9. The van der Waals surface area contributed by atoms with Crippen molar-refractivity contribution in [3.63, 3.8) is 0 Å². The second kappa shape index (κ2) is 13.3. The molecule has 0 N–H and O–H groups in total. The minimum absolute atomic E-state index is 0.0127. The number of rotatable bonds is 11. The molecule has 2 heterocycles. The molecule has 11 heteroatoms. The molecule has 0 bridgehead atoms. The molecule has 1 aromatic rings. The van der Waals surface area contributed by atoms with Gasteiger partial charge in [-0.15, -0.1) is 0 Å². The van der Waals surface area contributed by atoms with Crippen LogP contribution in [0.3, 0.4) is 0 Å². The van der Waals surface area contributed by atoms with Crippen molar-refractivity contribution < 1.29 is 38.1 Å². The molecule has 2 aliphatic heterocycles. The monoisotopic (exact) mass is 613 g/mol. The number of carbonyl (C=O) groups excluding carboxylic acids is 4. The Morgan fingerprint density at radius 3 is 2.47 bits per heavy atom. The van der Waals surface area contributed by atoms with Gasteiger partial charge in [0.05, 0.1) is 30.0 Å². The molecule has 1 aliphatic carbocycles. The van der Waals surface area contributed by atoms with Crippen LogP contribution < -0.4 is 4.74 Å². The van der Waals surface area contributed by atoms with Gasteiger partial charge in [0, 0.05) is 18.8 Å². The summed E-state index contributed by atoms with van der Waals surface area (Å²) in [7, 11) is -1.14. The lowest BCUT2D eigenvalue weighted by Crippen LogP contribution is -2.71. The Kier molecular flexibility index (Phi) is 10.2. The number of imide groups is 1. The number of fused-ring (bicyclic) bond motifs is 1. The summed E-state index contributed by atoms with van der Waals surface area (Å²) in [5.74, 6) is -3.01. The van der Waals surface area contributed by atoms with E-state index in [-0.39, 0.29) is 31.6 Å². The fraction of sp³-hybridized carbons (Fsp3) is 0.625. The Bertz CT molecular complexity index is 1220. The van der Waals surface area contributed by atoms with Crippen LogP contribution in [0, 0.1) is 23.2 Å². The number of benzene rings is 1. The standard InChI is InChI=1S/C32H45N2O8Si/c1-8-18-39-25(35)19-33-27(26(30(33)38)23(31(3,4)5)20-40-42-43(6)7)21(2)28(36)34-29(37)22-14-10-11-15-24(22)41-32(34)16-12-9-13-17-32/h8,10-11,14-15,21,23,26-27H,1,9,12-13,16-20H2,2-7H3/t21-,23-,26+,27-/m1/s1. The number of ether oxygens (including phenoxy) is 2. The highest BCUT2D eigenvalue weighted by Crippen LogP contribution is 2.47. The highest BCUT2D eigenvalue weighted by Gasteiger charge is 2.60. The summed E-state index contributed by atoms with van der Waals surface area (Å²) in [6, 6.07) is 6.32. The molecule has 43 heavy (non-hydrogen) atoms. The van der Waals surface area contributed by atoms with Gasteiger partial charge in [0.25, 0.3) is 14.9 Å². The van der Waals surface area contributed by atoms with Crippen molar-refractivity contribution in [1.82, 2.24) is 9.80 Å². The van der Waals surface area contributed by atoms with Crippen molar-refractivity contribution in [2.45, 2.75) is 84.7 Å². The van der Waals surface area contributed by atoms with Crippen LogP contribution in [0.2, 0.25) is 13.1 Å². The molecular formula is C32H45N2O8Si. The maximum atomic E-state index is 14.6. The molecule has 3 aliphatic rings. The number of β-lactam (4-membered cyclic amide) rings is 1. The van der Waals surface area contributed by atoms with E-state index in [1.807, 2.05) is 39.9 Å². The Morgan fingerprint density at radius 2 is 1.84 bits per heavy atom. The molecular weight excluding hydrogens is 568 g/mol. The van der Waals surface area contributed by atoms with Crippen LogP contribution in [0.25, 0.3) is 0 Å². The number of carbonyl (C=O) groups is 4. The van der Waals surface area contributed by atoms with E-state index in [4.69, 9.17) is 18.9 Å². The van der Waals surface area contributed by atoms with Gasteiger partial charge in [-0.1, -0.05) is 58.9 Å². The maximum Gasteiger partial charge on any atom is 0.325 e. The third-order valence-electron chi connectivity index (χ3n) is 8.76. The van der Waals surface area contributed by atoms with Gasteiger partial charge in [-0.2, -0.15) is 0 Å². The van der Waals surface area contributed by atoms with Crippen LogP contribution in [0.5, 0.6) is 5.75 Å². The van der Waals surface area contributed by atoms with Gasteiger partial charge in [-0.3, -0.25) is 23.8 Å². The van der Waals surface area contributed by atoms with E-state index in [1.54, 1.807) is 25.1 Å². The van der Waals surface area contributed by atoms with Crippen LogP contribution in [0.15, 0.2) is 36.9 Å². The summed E-state index contributed by atoms with van der Waals surface area (Å²) < 4.78 is 17.2. The molecule has 3 amide bonds. The number of amides is 3. The Morgan fingerprint density at radius 1 is 1.16 bits per heavy atom. The van der Waals surface area contributed by atoms with Crippen molar-refractivity contribution in [1.29, 1.82) is 0 Å². The summed E-state index contributed by atoms with van der Waals surface area (Å²) in [5.41, 5.74) is -1.16. The van der Waals surface area contributed by atoms with E-state index >= 15 is 0 Å². The molecule has 1 saturated carbocycles. The second-order valence-electron chi connectivity index (χ2n) is 13.1. The normalized spacial score (nSPS) is 22.9. The smallest absolute Gasteiger partial charge is 0.325 e. The van der Waals surface area contributed by atoms with Gasteiger partial charge >= 0.3 is 5.97 Å². The predicted molar refractivity (Wildman–Crippen MR) is 161 cm³/mol. The minimum atomic E-state index is -1.14. The van der Waals surface area contributed by atoms with Gasteiger partial charge in [0.1, 0.15) is 18.9 Å². The summed E-state index contributed by atoms with van der Waals surface area (Å²) in [5, 5.41) is 0. The molecule has 235 valence electrons. The molecule has 4 atom stereocenters. The van der Waals surface area contributed by atoms with Crippen LogP contribution in [0.1, 0.15) is 70.2 Å². The quantitative estimate of drug-likeness (QED) is 0.0877. The molecule has 1 spiro atoms. The first-order valence-electron chi connectivity index (χ1n) is 15.2. The fourth-order valence-electron chi connectivity index (χ4n) is 6.59. The lowest BCUT2D eigenvalue weighted by molar-refractivity contribution is -0.240. The van der Waals surface area contributed by atoms with Crippen molar-refractivity contribution in [2.24, 2.45) is 23.2 Å². The van der Waals surface area contributed by atoms with E-state index in [1.165, 1.54) is 15.9 Å². The van der Waals surface area contributed by atoms with Crippen molar-refractivity contribution in [3.8, 4) is 5.75 Å². The predicted octanol–water partition coefficient (Wildman–Crippen LogP) is 4.76. The largest absolute Gasteiger partial charge is 0.467 e. The molecule has 1 radical (unpaired) electrons. The first-order chi connectivity index (χ1) is 20.3. The zero-order valence-electron chi connectivity index (χ0n) is 26.2. The van der Waals surface area contributed by atoms with Crippen molar-refractivity contribution in [2.75, 3.05) is 19.8 Å². The van der Waals surface area contributed by atoms with Gasteiger partial charge in [-0.05, 0) is 43.5 Å². The topological polar surface area (TPSA) is 112 Å². The average Bonchev–Trinajstić information content (AvgIpc) is 2.95. The van der Waals surface area contributed by atoms with Gasteiger partial charge < -0.3 is 14.4 Å². The van der Waals surface area contributed by atoms with E-state index < -0.39 is 55.8 Å². The molecule has 4 rings (SSSR count). The zero-order valence-corrected chi connectivity index (χ0v) is 27.2. The zero-order chi connectivity index (χ0) is 31.5. The van der Waals surface area contributed by atoms with Crippen LogP contribution >= 0.6 is 0 Å². The molecule has 0 unspecified atom stereocenters. The van der Waals surface area contributed by atoms with Crippen LogP contribution in [-0.4, -0.2) is 74.1 Å². The average molecular weight is 614 g/mol. The van der Waals surface area contributed by atoms with Crippen molar-refractivity contribution >= 4 is 32.7 Å². The summed E-state index contributed by atoms with van der Waals surface area (Å²) in [4.78, 5) is 63.4. The third-order valence-corrected chi connectivity index (χ3v) is 9.21. The Hall–Kier alpha value is -3.02. The Balaban J connectivity index is 1.70. The lowest BCUT2D eigenvalue weighted by Gasteiger charge is -2.55. The van der Waals surface area contributed by atoms with E-state index in [0.29, 0.717) is 24.2 Å². The van der Waals surface area contributed by atoms with E-state index in [0.717, 1.165) is 19.3 Å². The molecule has 2 fully saturated rings. The maximum absolute atomic E-state index is 14.6. The van der Waals surface area contributed by atoms with Crippen LogP contribution in [-0.2, 0) is 28.6 Å². The lowest BCUT2D eigenvalue weighted by atomic mass is 9.64. The fourth-order valence-corrected chi connectivity index (χ4v) is 6.90. The summed E-state index contributed by atoms with van der Waals surface area (Å²) >= 11 is 0. The highest BCUT2D eigenvalue weighted by molar-refractivity contribution is 6.48. The molecule has 1 saturated heterocycles. The van der Waals surface area contributed by atoms with Crippen molar-refractivity contribution in [3.05, 3.63) is 42.5 Å². The summed E-state index contributed by atoms with van der Waals surface area (Å²) in [6.07, 6.45) is 5.15. The molecule has 10 nitrogen and oxygen atoms in total. The van der Waals surface area contributed by atoms with Gasteiger partial charge in [0.15, 0.2) is 5.72 Å². The number of esters is 1. The van der Waals surface area contributed by atoms with E-state index in [2.05, 4.69) is 6.58 Å². The summed E-state index contributed by atoms with van der Waals surface area (Å²) in [6.45, 7) is 15.1. The number of nitrogens with zero attached hydrogens (tertiary/aromatic N) is 2.